The molecule has 1 saturated heterocycles. The first-order valence-electron chi connectivity index (χ1n) is 11.4. The van der Waals surface area contributed by atoms with Crippen LogP contribution in [0.15, 0.2) is 48.8 Å². The van der Waals surface area contributed by atoms with Crippen molar-refractivity contribution in [2.24, 2.45) is 0 Å². The summed E-state index contributed by atoms with van der Waals surface area (Å²) in [6, 6.07) is 12.4. The van der Waals surface area contributed by atoms with Crippen LogP contribution in [0.1, 0.15) is 34.8 Å². The van der Waals surface area contributed by atoms with Crippen LogP contribution in [0.25, 0.3) is 16.8 Å². The lowest BCUT2D eigenvalue weighted by atomic mass is 9.94. The molecule has 0 saturated carbocycles. The highest BCUT2D eigenvalue weighted by Gasteiger charge is 2.25. The van der Waals surface area contributed by atoms with E-state index in [2.05, 4.69) is 46.5 Å². The Morgan fingerprint density at radius 1 is 1.18 bits per heavy atom. The van der Waals surface area contributed by atoms with E-state index >= 15 is 0 Å². The van der Waals surface area contributed by atoms with Gasteiger partial charge in [-0.1, -0.05) is 24.3 Å². The monoisotopic (exact) mass is 443 g/mol. The van der Waals surface area contributed by atoms with Crippen LogP contribution in [-0.2, 0) is 13.0 Å². The van der Waals surface area contributed by atoms with Crippen molar-refractivity contribution in [1.29, 1.82) is 0 Å². The maximum atomic E-state index is 14.6. The van der Waals surface area contributed by atoms with E-state index in [4.69, 9.17) is 9.72 Å². The predicted molar refractivity (Wildman–Crippen MR) is 126 cm³/mol. The number of likely N-dealkylation sites (tertiary alicyclic amines) is 1. The summed E-state index contributed by atoms with van der Waals surface area (Å²) in [6.45, 7) is 4.05. The van der Waals surface area contributed by atoms with Crippen molar-refractivity contribution in [3.8, 4) is 16.9 Å². The van der Waals surface area contributed by atoms with Crippen molar-refractivity contribution in [3.63, 3.8) is 0 Å². The predicted octanol–water partition coefficient (Wildman–Crippen LogP) is 4.77. The third-order valence-electron chi connectivity index (χ3n) is 6.87. The molecule has 0 spiro atoms. The van der Waals surface area contributed by atoms with E-state index in [0.29, 0.717) is 30.7 Å². The summed E-state index contributed by atoms with van der Waals surface area (Å²) >= 11 is 0. The lowest BCUT2D eigenvalue weighted by Crippen LogP contribution is -2.37. The van der Waals surface area contributed by atoms with Gasteiger partial charge in [-0.15, -0.1) is 0 Å². The molecule has 4 heterocycles. The Balaban J connectivity index is 1.31. The normalized spacial score (nSPS) is 17.6. The quantitative estimate of drug-likeness (QED) is 0.482. The molecule has 2 aliphatic heterocycles. The number of aryl methyl sites for hydroxylation is 1. The molecule has 7 heteroatoms. The van der Waals surface area contributed by atoms with Gasteiger partial charge in [0.15, 0.2) is 0 Å². The Morgan fingerprint density at radius 3 is 2.79 bits per heavy atom. The number of anilines is 1. The first kappa shape index (κ1) is 20.2. The molecule has 168 valence electrons. The SMILES string of the molecule is Cc1cn2c(NCc3c(F)ccc4c3CCO4)ncc(-c3ccc(C4CCN4C)cc3)c2n1. The molecule has 33 heavy (non-hydrogen) atoms. The maximum Gasteiger partial charge on any atom is 0.208 e. The molecule has 1 fully saturated rings. The van der Waals surface area contributed by atoms with Gasteiger partial charge in [0.2, 0.25) is 5.95 Å². The lowest BCUT2D eigenvalue weighted by Gasteiger charge is -2.38. The van der Waals surface area contributed by atoms with Gasteiger partial charge >= 0.3 is 0 Å². The highest BCUT2D eigenvalue weighted by Crippen LogP contribution is 2.34. The molecule has 2 aromatic carbocycles. The number of halogens is 1. The fourth-order valence-corrected chi connectivity index (χ4v) is 4.93. The van der Waals surface area contributed by atoms with Crippen molar-refractivity contribution in [3.05, 3.63) is 77.0 Å². The van der Waals surface area contributed by atoms with Crippen LogP contribution >= 0.6 is 0 Å². The number of ether oxygens (including phenoxy) is 1. The number of hydrogen-bond donors (Lipinski definition) is 1. The van der Waals surface area contributed by atoms with Gasteiger partial charge < -0.3 is 10.1 Å². The Morgan fingerprint density at radius 2 is 2.03 bits per heavy atom. The number of hydrogen-bond acceptors (Lipinski definition) is 5. The Bertz CT molecular complexity index is 1350. The average Bonchev–Trinajstić information content (AvgIpc) is 3.44. The van der Waals surface area contributed by atoms with Crippen LogP contribution in [0, 0.1) is 12.7 Å². The van der Waals surface area contributed by atoms with Crippen LogP contribution < -0.4 is 10.1 Å². The molecule has 0 amide bonds. The second-order valence-electron chi connectivity index (χ2n) is 8.93. The van der Waals surface area contributed by atoms with E-state index in [0.717, 1.165) is 46.7 Å². The summed E-state index contributed by atoms with van der Waals surface area (Å²) in [4.78, 5) is 11.8. The van der Waals surface area contributed by atoms with Crippen molar-refractivity contribution < 1.29 is 9.13 Å². The summed E-state index contributed by atoms with van der Waals surface area (Å²) in [5.74, 6) is 1.19. The highest BCUT2D eigenvalue weighted by molar-refractivity contribution is 5.78. The first-order valence-corrected chi connectivity index (χ1v) is 11.4. The molecule has 4 aromatic rings. The Hall–Kier alpha value is -3.45. The lowest BCUT2D eigenvalue weighted by molar-refractivity contribution is 0.128. The molecular weight excluding hydrogens is 417 g/mol. The van der Waals surface area contributed by atoms with Gasteiger partial charge in [-0.25, -0.2) is 14.4 Å². The van der Waals surface area contributed by atoms with Gasteiger partial charge in [-0.05, 0) is 43.7 Å². The molecule has 2 aliphatic rings. The van der Waals surface area contributed by atoms with Gasteiger partial charge in [0, 0.05) is 54.6 Å². The Labute approximate surface area is 192 Å². The number of nitrogens with one attached hydrogen (secondary N) is 1. The summed E-state index contributed by atoms with van der Waals surface area (Å²) in [5, 5.41) is 3.32. The minimum Gasteiger partial charge on any atom is -0.493 e. The third-order valence-corrected chi connectivity index (χ3v) is 6.87. The summed E-state index contributed by atoms with van der Waals surface area (Å²) < 4.78 is 22.1. The average molecular weight is 444 g/mol. The summed E-state index contributed by atoms with van der Waals surface area (Å²) in [5.41, 5.74) is 6.71. The topological polar surface area (TPSA) is 54.7 Å². The van der Waals surface area contributed by atoms with E-state index in [1.54, 1.807) is 6.07 Å². The molecule has 1 unspecified atom stereocenters. The smallest absolute Gasteiger partial charge is 0.208 e. The van der Waals surface area contributed by atoms with Crippen LogP contribution in [0.4, 0.5) is 10.3 Å². The number of benzene rings is 2. The van der Waals surface area contributed by atoms with Crippen molar-refractivity contribution in [2.45, 2.75) is 32.4 Å². The second kappa shape index (κ2) is 7.85. The zero-order valence-corrected chi connectivity index (χ0v) is 18.8. The van der Waals surface area contributed by atoms with Gasteiger partial charge in [-0.3, -0.25) is 9.30 Å². The maximum absolute atomic E-state index is 14.6. The van der Waals surface area contributed by atoms with E-state index in [9.17, 15) is 4.39 Å². The van der Waals surface area contributed by atoms with E-state index in [-0.39, 0.29) is 5.82 Å². The fourth-order valence-electron chi connectivity index (χ4n) is 4.93. The molecule has 1 N–H and O–H groups in total. The number of imidazole rings is 1. The Kier molecular flexibility index (Phi) is 4.80. The second-order valence-corrected chi connectivity index (χ2v) is 8.93. The van der Waals surface area contributed by atoms with Crippen molar-refractivity contribution >= 4 is 11.6 Å². The number of nitrogens with zero attached hydrogens (tertiary/aromatic N) is 4. The number of aromatic nitrogens is 3. The van der Waals surface area contributed by atoms with Crippen LogP contribution in [0.2, 0.25) is 0 Å². The zero-order valence-electron chi connectivity index (χ0n) is 18.8. The van der Waals surface area contributed by atoms with Crippen LogP contribution in [-0.4, -0.2) is 39.5 Å². The fraction of sp³-hybridized carbons (Fsp3) is 0.308. The molecule has 6 nitrogen and oxygen atoms in total. The largest absolute Gasteiger partial charge is 0.493 e. The molecule has 6 rings (SSSR count). The number of fused-ring (bicyclic) bond motifs is 2. The van der Waals surface area contributed by atoms with Gasteiger partial charge in [0.25, 0.3) is 0 Å². The molecule has 0 bridgehead atoms. The molecule has 0 radical (unpaired) electrons. The van der Waals surface area contributed by atoms with Crippen LogP contribution in [0.3, 0.4) is 0 Å². The molecule has 0 aliphatic carbocycles. The van der Waals surface area contributed by atoms with Crippen molar-refractivity contribution in [1.82, 2.24) is 19.3 Å². The summed E-state index contributed by atoms with van der Waals surface area (Å²) in [7, 11) is 2.16. The number of rotatable bonds is 5. The van der Waals surface area contributed by atoms with Gasteiger partial charge in [-0.2, -0.15) is 0 Å². The van der Waals surface area contributed by atoms with E-state index in [1.807, 2.05) is 23.7 Å². The van der Waals surface area contributed by atoms with E-state index in [1.165, 1.54) is 18.1 Å². The molecule has 2 aromatic heterocycles. The zero-order chi connectivity index (χ0) is 22.5. The van der Waals surface area contributed by atoms with Crippen LogP contribution in [0.5, 0.6) is 5.75 Å². The molecule has 1 atom stereocenters. The van der Waals surface area contributed by atoms with Crippen molar-refractivity contribution in [2.75, 3.05) is 25.5 Å². The van der Waals surface area contributed by atoms with E-state index < -0.39 is 0 Å². The first-order chi connectivity index (χ1) is 16.1. The summed E-state index contributed by atoms with van der Waals surface area (Å²) in [6.07, 6.45) is 5.74. The van der Waals surface area contributed by atoms with Gasteiger partial charge in [0.1, 0.15) is 17.2 Å². The molecular formula is C26H26FN5O. The third kappa shape index (κ3) is 3.43. The minimum absolute atomic E-state index is 0.223. The van der Waals surface area contributed by atoms with Gasteiger partial charge in [0.05, 0.1) is 12.3 Å². The highest BCUT2D eigenvalue weighted by atomic mass is 19.1. The minimum atomic E-state index is -0.223. The standard InChI is InChI=1S/C26H26FN5O/c1-16-15-32-25(30-16)20(17-3-5-18(6-4-17)23-9-11-31(23)2)13-28-26(32)29-14-21-19-10-12-33-24(19)8-7-22(21)27/h3-8,13,15,23H,9-12,14H2,1-2H3,(H,28,29).